The molecule has 7 rings (SSSR count). The van der Waals surface area contributed by atoms with Gasteiger partial charge in [0.2, 0.25) is 5.60 Å². The Morgan fingerprint density at radius 2 is 1.23 bits per heavy atom. The van der Waals surface area contributed by atoms with Crippen molar-refractivity contribution >= 4 is 16.6 Å². The van der Waals surface area contributed by atoms with Crippen LogP contribution in [0.5, 0.6) is 17.2 Å². The summed E-state index contributed by atoms with van der Waals surface area (Å²) in [6.45, 7) is 1.40. The fourth-order valence-corrected chi connectivity index (χ4v) is 6.36. The lowest BCUT2D eigenvalue weighted by molar-refractivity contribution is 0.0175. The van der Waals surface area contributed by atoms with Crippen LogP contribution < -0.4 is 14.2 Å². The molecule has 236 valence electrons. The van der Waals surface area contributed by atoms with E-state index in [0.717, 1.165) is 62.3 Å². The second kappa shape index (κ2) is 12.7. The van der Waals surface area contributed by atoms with Gasteiger partial charge in [-0.2, -0.15) is 0 Å². The molecule has 0 radical (unpaired) electrons. The van der Waals surface area contributed by atoms with Gasteiger partial charge in [0.1, 0.15) is 18.1 Å². The monoisotopic (exact) mass is 623 g/mol. The molecular formula is C40H37N3O4. The molecule has 1 aromatic heterocycles. The minimum absolute atomic E-state index is 0.581. The zero-order valence-corrected chi connectivity index (χ0v) is 27.0. The Balaban J connectivity index is 1.46. The second-order valence-corrected chi connectivity index (χ2v) is 11.8. The Bertz CT molecular complexity index is 1940. The smallest absolute Gasteiger partial charge is 0.212 e. The molecule has 1 aliphatic rings. The SMILES string of the molecule is COc1cc2c(cc1OC)-c1[nH]c3ccc(OCCN(C)C)cc3c1/C2=N\OC(c1ccccc1)(c1ccccc1)c1ccccc1. The lowest BCUT2D eigenvalue weighted by atomic mass is 9.80. The molecule has 0 aliphatic heterocycles. The van der Waals surface area contributed by atoms with Crippen molar-refractivity contribution < 1.29 is 19.0 Å². The highest BCUT2D eigenvalue weighted by atomic mass is 16.7. The Hall–Kier alpha value is -5.53. The van der Waals surface area contributed by atoms with Crippen molar-refractivity contribution in [2.45, 2.75) is 5.60 Å². The largest absolute Gasteiger partial charge is 0.493 e. The molecule has 47 heavy (non-hydrogen) atoms. The Labute approximate surface area is 275 Å². The molecule has 0 saturated carbocycles. The van der Waals surface area contributed by atoms with E-state index in [0.29, 0.717) is 23.8 Å². The lowest BCUT2D eigenvalue weighted by Gasteiger charge is -2.33. The van der Waals surface area contributed by atoms with Gasteiger partial charge in [0.05, 0.1) is 19.9 Å². The summed E-state index contributed by atoms with van der Waals surface area (Å²) in [6.07, 6.45) is 0. The Kier molecular flexibility index (Phi) is 8.14. The van der Waals surface area contributed by atoms with E-state index in [1.807, 2.05) is 86.9 Å². The number of fused-ring (bicyclic) bond motifs is 5. The zero-order valence-electron chi connectivity index (χ0n) is 27.0. The Morgan fingerprint density at radius 1 is 0.681 bits per heavy atom. The average Bonchev–Trinajstić information content (AvgIpc) is 3.63. The summed E-state index contributed by atoms with van der Waals surface area (Å²) in [4.78, 5) is 12.8. The summed E-state index contributed by atoms with van der Waals surface area (Å²) in [5.74, 6) is 2.04. The fraction of sp³-hybridized carbons (Fsp3) is 0.175. The summed E-state index contributed by atoms with van der Waals surface area (Å²) in [5, 5.41) is 6.12. The molecule has 0 atom stereocenters. The van der Waals surface area contributed by atoms with E-state index >= 15 is 0 Å². The number of hydrogen-bond donors (Lipinski definition) is 1. The van der Waals surface area contributed by atoms with Crippen LogP contribution in [-0.2, 0) is 10.4 Å². The molecule has 7 heteroatoms. The summed E-state index contributed by atoms with van der Waals surface area (Å²) < 4.78 is 17.6. The van der Waals surface area contributed by atoms with Crippen molar-refractivity contribution in [1.82, 2.24) is 9.88 Å². The minimum Gasteiger partial charge on any atom is -0.493 e. The number of nitrogens with one attached hydrogen (secondary N) is 1. The highest BCUT2D eigenvalue weighted by Crippen LogP contribution is 2.47. The van der Waals surface area contributed by atoms with Crippen molar-refractivity contribution in [2.75, 3.05) is 41.5 Å². The van der Waals surface area contributed by atoms with E-state index < -0.39 is 5.60 Å². The molecule has 6 aromatic rings. The highest BCUT2D eigenvalue weighted by Gasteiger charge is 2.41. The van der Waals surface area contributed by atoms with Crippen LogP contribution in [0.2, 0.25) is 0 Å². The molecule has 7 nitrogen and oxygen atoms in total. The predicted octanol–water partition coefficient (Wildman–Crippen LogP) is 7.87. The van der Waals surface area contributed by atoms with E-state index in [2.05, 4.69) is 58.4 Å². The van der Waals surface area contributed by atoms with Gasteiger partial charge in [0, 0.05) is 50.8 Å². The van der Waals surface area contributed by atoms with Crippen LogP contribution in [0.1, 0.15) is 27.8 Å². The second-order valence-electron chi connectivity index (χ2n) is 11.8. The van der Waals surface area contributed by atoms with Crippen LogP contribution in [0.3, 0.4) is 0 Å². The van der Waals surface area contributed by atoms with E-state index in [-0.39, 0.29) is 0 Å². The molecule has 0 unspecified atom stereocenters. The van der Waals surface area contributed by atoms with Gasteiger partial charge in [-0.05, 0) is 44.4 Å². The number of oxime groups is 1. The van der Waals surface area contributed by atoms with Gasteiger partial charge >= 0.3 is 0 Å². The molecule has 1 N–H and O–H groups in total. The molecule has 5 aromatic carbocycles. The third-order valence-electron chi connectivity index (χ3n) is 8.68. The van der Waals surface area contributed by atoms with Crippen LogP contribution in [0, 0.1) is 0 Å². The number of H-pyrrole nitrogens is 1. The molecule has 0 saturated heterocycles. The van der Waals surface area contributed by atoms with Crippen LogP contribution in [0.15, 0.2) is 126 Å². The first-order valence-electron chi connectivity index (χ1n) is 15.7. The summed E-state index contributed by atoms with van der Waals surface area (Å²) in [5.41, 5.74) is 7.23. The first-order valence-corrected chi connectivity index (χ1v) is 15.7. The summed E-state index contributed by atoms with van der Waals surface area (Å²) in [7, 11) is 7.36. The highest BCUT2D eigenvalue weighted by molar-refractivity contribution is 6.30. The standard InChI is InChI=1S/C40H37N3O4/c1-43(2)22-23-46-30-20-21-34-33(24-30)37-38(41-34)31-25-35(44-3)36(45-4)26-32(31)39(37)42-47-40(27-14-8-5-9-15-27,28-16-10-6-11-17-28)29-18-12-7-13-19-29/h5-21,24-26,41H,22-23H2,1-4H3/b42-39-. The molecule has 0 spiro atoms. The van der Waals surface area contributed by atoms with Gasteiger partial charge in [-0.25, -0.2) is 0 Å². The number of ether oxygens (including phenoxy) is 3. The van der Waals surface area contributed by atoms with Crippen molar-refractivity contribution in [2.24, 2.45) is 5.16 Å². The van der Waals surface area contributed by atoms with Crippen molar-refractivity contribution in [1.29, 1.82) is 0 Å². The first-order chi connectivity index (χ1) is 23.0. The number of rotatable bonds is 11. The molecule has 0 bridgehead atoms. The first kappa shape index (κ1) is 30.1. The number of hydrogen-bond acceptors (Lipinski definition) is 6. The normalized spacial score (nSPS) is 13.1. The summed E-state index contributed by atoms with van der Waals surface area (Å²) >= 11 is 0. The third-order valence-corrected chi connectivity index (χ3v) is 8.68. The zero-order chi connectivity index (χ0) is 32.4. The number of nitrogens with zero attached hydrogens (tertiary/aromatic N) is 2. The third kappa shape index (κ3) is 5.38. The van der Waals surface area contributed by atoms with Crippen LogP contribution in [0.4, 0.5) is 0 Å². The van der Waals surface area contributed by atoms with E-state index in [9.17, 15) is 0 Å². The molecule has 0 amide bonds. The lowest BCUT2D eigenvalue weighted by Crippen LogP contribution is -2.31. The molecule has 1 aliphatic carbocycles. The average molecular weight is 624 g/mol. The summed E-state index contributed by atoms with van der Waals surface area (Å²) in [6, 6.07) is 40.9. The van der Waals surface area contributed by atoms with Gasteiger partial charge < -0.3 is 28.9 Å². The van der Waals surface area contributed by atoms with Crippen LogP contribution in [0.25, 0.3) is 22.2 Å². The van der Waals surface area contributed by atoms with Crippen LogP contribution >= 0.6 is 0 Å². The molecular weight excluding hydrogens is 586 g/mol. The van der Waals surface area contributed by atoms with Gasteiger partial charge in [-0.3, -0.25) is 0 Å². The fourth-order valence-electron chi connectivity index (χ4n) is 6.36. The van der Waals surface area contributed by atoms with E-state index in [4.69, 9.17) is 24.2 Å². The topological polar surface area (TPSA) is 68.3 Å². The van der Waals surface area contributed by atoms with E-state index in [1.54, 1.807) is 14.2 Å². The van der Waals surface area contributed by atoms with Gasteiger partial charge in [0.25, 0.3) is 0 Å². The predicted molar refractivity (Wildman–Crippen MR) is 187 cm³/mol. The van der Waals surface area contributed by atoms with E-state index in [1.165, 1.54) is 0 Å². The number of likely N-dealkylation sites (N-methyl/N-ethyl adjacent to an activating group) is 1. The van der Waals surface area contributed by atoms with Crippen molar-refractivity contribution in [3.63, 3.8) is 0 Å². The van der Waals surface area contributed by atoms with Crippen molar-refractivity contribution in [3.8, 4) is 28.5 Å². The quantitative estimate of drug-likeness (QED) is 0.117. The number of methoxy groups -OCH3 is 2. The molecule has 0 fully saturated rings. The van der Waals surface area contributed by atoms with Crippen molar-refractivity contribution in [3.05, 3.63) is 149 Å². The Morgan fingerprint density at radius 3 is 1.77 bits per heavy atom. The number of benzene rings is 5. The van der Waals surface area contributed by atoms with Gasteiger partial charge in [-0.15, -0.1) is 0 Å². The molecule has 1 heterocycles. The van der Waals surface area contributed by atoms with Gasteiger partial charge in [-0.1, -0.05) is 96.2 Å². The number of aromatic amines is 1. The maximum atomic E-state index is 7.02. The maximum absolute atomic E-state index is 7.02. The maximum Gasteiger partial charge on any atom is 0.212 e. The van der Waals surface area contributed by atoms with Crippen LogP contribution in [-0.4, -0.2) is 57.1 Å². The minimum atomic E-state index is -1.04. The number of aromatic nitrogens is 1. The van der Waals surface area contributed by atoms with Gasteiger partial charge in [0.15, 0.2) is 11.5 Å².